The minimum absolute atomic E-state index is 0.120. The largest absolute Gasteiger partial charge is 0.350 e. The van der Waals surface area contributed by atoms with E-state index < -0.39 is 11.8 Å². The van der Waals surface area contributed by atoms with Gasteiger partial charge in [0.25, 0.3) is 17.7 Å². The molecule has 3 amide bonds. The molecule has 34 heavy (non-hydrogen) atoms. The topological polar surface area (TPSA) is 78.5 Å². The first-order valence-electron chi connectivity index (χ1n) is 9.53. The molecular formula is C23H12Cl5N3O3. The Labute approximate surface area is 219 Å². The number of carbonyl (C=O) groups is 3. The average molecular weight is 556 g/mol. The van der Waals surface area contributed by atoms with Crippen molar-refractivity contribution in [2.75, 3.05) is 15.5 Å². The zero-order valence-corrected chi connectivity index (χ0v) is 20.6. The highest BCUT2D eigenvalue weighted by Gasteiger charge is 2.39. The van der Waals surface area contributed by atoms with Gasteiger partial charge in [0.05, 0.1) is 20.8 Å². The molecular weight excluding hydrogens is 544 g/mol. The van der Waals surface area contributed by atoms with Crippen LogP contribution in [0.2, 0.25) is 20.1 Å². The molecule has 0 radical (unpaired) electrons. The van der Waals surface area contributed by atoms with Gasteiger partial charge >= 0.3 is 0 Å². The van der Waals surface area contributed by atoms with Crippen LogP contribution in [0.3, 0.4) is 0 Å². The van der Waals surface area contributed by atoms with Crippen LogP contribution in [0, 0.1) is 0 Å². The van der Waals surface area contributed by atoms with E-state index in [0.29, 0.717) is 32.0 Å². The van der Waals surface area contributed by atoms with Crippen LogP contribution in [0.4, 0.5) is 17.1 Å². The number of nitrogens with zero attached hydrogens (tertiary/aromatic N) is 1. The van der Waals surface area contributed by atoms with E-state index in [0.717, 1.165) is 4.90 Å². The predicted octanol–water partition coefficient (Wildman–Crippen LogP) is 6.99. The molecule has 2 N–H and O–H groups in total. The Morgan fingerprint density at radius 2 is 1.38 bits per heavy atom. The van der Waals surface area contributed by atoms with Gasteiger partial charge in [-0.15, -0.1) is 0 Å². The molecule has 172 valence electrons. The van der Waals surface area contributed by atoms with Gasteiger partial charge in [-0.3, -0.25) is 14.4 Å². The molecule has 1 heterocycles. The number of hydrogen-bond donors (Lipinski definition) is 2. The van der Waals surface area contributed by atoms with E-state index in [-0.39, 0.29) is 27.3 Å². The Kier molecular flexibility index (Phi) is 7.07. The fourth-order valence-corrected chi connectivity index (χ4v) is 4.12. The van der Waals surface area contributed by atoms with Crippen LogP contribution in [-0.2, 0) is 9.59 Å². The van der Waals surface area contributed by atoms with E-state index in [9.17, 15) is 14.4 Å². The summed E-state index contributed by atoms with van der Waals surface area (Å²) in [5.74, 6) is -1.78. The van der Waals surface area contributed by atoms with Gasteiger partial charge in [-0.1, -0.05) is 58.0 Å². The normalized spacial score (nSPS) is 13.5. The maximum Gasteiger partial charge on any atom is 0.283 e. The van der Waals surface area contributed by atoms with Crippen LogP contribution >= 0.6 is 58.0 Å². The van der Waals surface area contributed by atoms with Crippen molar-refractivity contribution < 1.29 is 14.4 Å². The summed E-state index contributed by atoms with van der Waals surface area (Å²) in [6.07, 6.45) is 0. The van der Waals surface area contributed by atoms with Gasteiger partial charge in [-0.25, -0.2) is 4.90 Å². The molecule has 0 saturated carbocycles. The number of rotatable bonds is 5. The van der Waals surface area contributed by atoms with Gasteiger partial charge in [0.1, 0.15) is 10.7 Å². The molecule has 0 unspecified atom stereocenters. The maximum absolute atomic E-state index is 12.9. The average Bonchev–Trinajstić information content (AvgIpc) is 3.00. The van der Waals surface area contributed by atoms with Crippen molar-refractivity contribution in [2.45, 2.75) is 0 Å². The summed E-state index contributed by atoms with van der Waals surface area (Å²) < 4.78 is 0. The minimum Gasteiger partial charge on any atom is -0.350 e. The lowest BCUT2D eigenvalue weighted by Gasteiger charge is -2.16. The first-order valence-corrected chi connectivity index (χ1v) is 11.4. The van der Waals surface area contributed by atoms with Crippen LogP contribution in [-0.4, -0.2) is 17.7 Å². The molecule has 0 saturated heterocycles. The quantitative estimate of drug-likeness (QED) is 0.333. The monoisotopic (exact) mass is 553 g/mol. The molecule has 1 aliphatic rings. The minimum atomic E-state index is -0.726. The lowest BCUT2D eigenvalue weighted by atomic mass is 10.2. The van der Waals surface area contributed by atoms with Gasteiger partial charge in [0.2, 0.25) is 0 Å². The van der Waals surface area contributed by atoms with Crippen molar-refractivity contribution >= 4 is 92.8 Å². The number of nitrogens with one attached hydrogen (secondary N) is 2. The summed E-state index contributed by atoms with van der Waals surface area (Å²) in [6.45, 7) is 0. The third-order valence-corrected chi connectivity index (χ3v) is 6.40. The highest BCUT2D eigenvalue weighted by atomic mass is 35.5. The van der Waals surface area contributed by atoms with Gasteiger partial charge in [-0.05, 0) is 60.7 Å². The van der Waals surface area contributed by atoms with Gasteiger partial charge < -0.3 is 10.6 Å². The molecule has 0 bridgehead atoms. The van der Waals surface area contributed by atoms with E-state index in [1.807, 2.05) is 0 Å². The van der Waals surface area contributed by atoms with Crippen molar-refractivity contribution in [3.05, 3.63) is 97.0 Å². The third-order valence-electron chi connectivity index (χ3n) is 4.77. The molecule has 0 fully saturated rings. The van der Waals surface area contributed by atoms with Gasteiger partial charge in [-0.2, -0.15) is 0 Å². The van der Waals surface area contributed by atoms with Crippen molar-refractivity contribution in [2.24, 2.45) is 0 Å². The van der Waals surface area contributed by atoms with Crippen LogP contribution in [0.25, 0.3) is 0 Å². The zero-order valence-electron chi connectivity index (χ0n) is 16.8. The number of halogens is 5. The van der Waals surface area contributed by atoms with E-state index in [1.54, 1.807) is 36.4 Å². The van der Waals surface area contributed by atoms with Crippen LogP contribution in [0.1, 0.15) is 10.4 Å². The van der Waals surface area contributed by atoms with Gasteiger partial charge in [0, 0.05) is 22.0 Å². The Balaban J connectivity index is 1.49. The number of carbonyl (C=O) groups excluding carboxylic acids is 3. The Morgan fingerprint density at radius 1 is 0.706 bits per heavy atom. The molecule has 0 aromatic heterocycles. The number of hydrogen-bond acceptors (Lipinski definition) is 4. The van der Waals surface area contributed by atoms with E-state index in [2.05, 4.69) is 10.6 Å². The third kappa shape index (κ3) is 4.87. The highest BCUT2D eigenvalue weighted by Crippen LogP contribution is 2.35. The fraction of sp³-hybridized carbons (Fsp3) is 0. The molecule has 0 spiro atoms. The zero-order chi connectivity index (χ0) is 24.6. The smallest absolute Gasteiger partial charge is 0.283 e. The van der Waals surface area contributed by atoms with Crippen LogP contribution in [0.15, 0.2) is 71.4 Å². The van der Waals surface area contributed by atoms with Crippen molar-refractivity contribution in [1.82, 2.24) is 0 Å². The summed E-state index contributed by atoms with van der Waals surface area (Å²) in [5, 5.41) is 6.42. The molecule has 3 aromatic rings. The fourth-order valence-electron chi connectivity index (χ4n) is 3.12. The summed E-state index contributed by atoms with van der Waals surface area (Å²) in [6, 6.07) is 15.3. The molecule has 0 aliphatic carbocycles. The Bertz CT molecular complexity index is 1370. The lowest BCUT2D eigenvalue weighted by molar-refractivity contribution is -0.120. The van der Waals surface area contributed by atoms with Crippen LogP contribution in [0.5, 0.6) is 0 Å². The number of amides is 3. The Morgan fingerprint density at radius 3 is 2.03 bits per heavy atom. The SMILES string of the molecule is O=C(Nc1ccc(Cl)c(Cl)c1)c1ccc(NC2=C(Cl)C(=O)N(c3ccc(Cl)cc3Cl)C2=O)cc1. The molecule has 6 nitrogen and oxygen atoms in total. The second kappa shape index (κ2) is 9.86. The Hall–Kier alpha value is -2.74. The predicted molar refractivity (Wildman–Crippen MR) is 136 cm³/mol. The highest BCUT2D eigenvalue weighted by molar-refractivity contribution is 6.54. The van der Waals surface area contributed by atoms with Crippen molar-refractivity contribution in [3.8, 4) is 0 Å². The number of imide groups is 1. The van der Waals surface area contributed by atoms with Crippen LogP contribution < -0.4 is 15.5 Å². The number of anilines is 3. The molecule has 3 aromatic carbocycles. The standard InChI is InChI=1S/C23H12Cl5N3O3/c24-12-3-8-18(17(27)9-12)31-22(33)19(28)20(23(31)34)29-13-4-1-11(2-5-13)21(32)30-14-6-7-15(25)16(26)10-14/h1-10,29H,(H,30,32). The van der Waals surface area contributed by atoms with Crippen molar-refractivity contribution in [1.29, 1.82) is 0 Å². The van der Waals surface area contributed by atoms with E-state index in [1.165, 1.54) is 24.3 Å². The first kappa shape index (κ1) is 24.4. The summed E-state index contributed by atoms with van der Waals surface area (Å²) in [4.78, 5) is 38.9. The summed E-state index contributed by atoms with van der Waals surface area (Å²) >= 11 is 30.0. The first-order chi connectivity index (χ1) is 16.2. The van der Waals surface area contributed by atoms with Gasteiger partial charge in [0.15, 0.2) is 0 Å². The molecule has 1 aliphatic heterocycles. The summed E-state index contributed by atoms with van der Waals surface area (Å²) in [7, 11) is 0. The molecule has 4 rings (SSSR count). The second-order valence-corrected chi connectivity index (χ2v) is 9.05. The maximum atomic E-state index is 12.9. The summed E-state index contributed by atoms with van der Waals surface area (Å²) in [5.41, 5.74) is 1.30. The van der Waals surface area contributed by atoms with E-state index in [4.69, 9.17) is 58.0 Å². The van der Waals surface area contributed by atoms with Crippen molar-refractivity contribution in [3.63, 3.8) is 0 Å². The molecule has 0 atom stereocenters. The number of benzene rings is 3. The lowest BCUT2D eigenvalue weighted by Crippen LogP contribution is -2.32. The van der Waals surface area contributed by atoms with E-state index >= 15 is 0 Å². The second-order valence-electron chi connectivity index (χ2n) is 7.02. The molecule has 11 heteroatoms.